The van der Waals surface area contributed by atoms with E-state index < -0.39 is 11.9 Å². The van der Waals surface area contributed by atoms with Crippen LogP contribution in [-0.2, 0) is 9.53 Å². The van der Waals surface area contributed by atoms with Gasteiger partial charge in [0.1, 0.15) is 5.75 Å². The van der Waals surface area contributed by atoms with Gasteiger partial charge in [0.25, 0.3) is 0 Å². The van der Waals surface area contributed by atoms with Crippen molar-refractivity contribution in [2.75, 3.05) is 13.7 Å². The first-order valence-electron chi connectivity index (χ1n) is 11.4. The van der Waals surface area contributed by atoms with Crippen LogP contribution < -0.4 is 14.2 Å². The highest BCUT2D eigenvalue weighted by Crippen LogP contribution is 2.31. The van der Waals surface area contributed by atoms with Crippen LogP contribution in [0.5, 0.6) is 17.2 Å². The van der Waals surface area contributed by atoms with E-state index in [0.717, 1.165) is 18.6 Å². The molecule has 0 spiro atoms. The average molecular weight is 550 g/mol. The van der Waals surface area contributed by atoms with Crippen LogP contribution in [0.25, 0.3) is 6.08 Å². The summed E-state index contributed by atoms with van der Waals surface area (Å²) in [5.41, 5.74) is 1.83. The average Bonchev–Trinajstić information content (AvgIpc) is 3.25. The van der Waals surface area contributed by atoms with E-state index in [1.807, 2.05) is 18.2 Å². The number of esters is 2. The summed E-state index contributed by atoms with van der Waals surface area (Å²) in [4.78, 5) is 29.3. The molecule has 0 aromatic heterocycles. The fourth-order valence-corrected chi connectivity index (χ4v) is 3.81. The van der Waals surface area contributed by atoms with Crippen LogP contribution >= 0.6 is 15.9 Å². The third-order valence-corrected chi connectivity index (χ3v) is 5.97. The Labute approximate surface area is 217 Å². The van der Waals surface area contributed by atoms with Gasteiger partial charge in [-0.2, -0.15) is 0 Å². The molecule has 8 heteroatoms. The third kappa shape index (κ3) is 6.01. The lowest BCUT2D eigenvalue weighted by atomic mass is 10.1. The molecule has 0 bridgehead atoms. The highest BCUT2D eigenvalue weighted by molar-refractivity contribution is 9.10. The zero-order valence-electron chi connectivity index (χ0n) is 19.8. The van der Waals surface area contributed by atoms with Crippen LogP contribution in [0.15, 0.2) is 81.9 Å². The molecule has 0 saturated heterocycles. The molecule has 36 heavy (non-hydrogen) atoms. The van der Waals surface area contributed by atoms with Gasteiger partial charge < -0.3 is 18.9 Å². The summed E-state index contributed by atoms with van der Waals surface area (Å²) in [5.74, 6) is 0.468. The van der Waals surface area contributed by atoms with Crippen LogP contribution in [0.2, 0.25) is 0 Å². The number of ether oxygens (including phenoxy) is 4. The normalized spacial score (nSPS) is 13.8. The first-order chi connectivity index (χ1) is 17.5. The zero-order chi connectivity index (χ0) is 25.5. The van der Waals surface area contributed by atoms with Crippen molar-refractivity contribution < 1.29 is 28.5 Å². The molecule has 0 aliphatic carbocycles. The number of carbonyl (C=O) groups excluding carboxylic acids is 2. The van der Waals surface area contributed by atoms with Gasteiger partial charge in [-0.25, -0.2) is 14.6 Å². The number of aliphatic imine (C=N–C) groups is 1. The number of unbranched alkanes of at least 4 members (excludes halogenated alkanes) is 1. The molecule has 0 saturated carbocycles. The Bertz CT molecular complexity index is 1330. The second-order valence-corrected chi connectivity index (χ2v) is 8.70. The monoisotopic (exact) mass is 549 g/mol. The van der Waals surface area contributed by atoms with Crippen LogP contribution in [0.3, 0.4) is 0 Å². The molecule has 0 amide bonds. The van der Waals surface area contributed by atoms with Crippen molar-refractivity contribution in [3.8, 4) is 17.2 Å². The number of rotatable bonds is 9. The van der Waals surface area contributed by atoms with E-state index in [9.17, 15) is 9.59 Å². The van der Waals surface area contributed by atoms with Gasteiger partial charge in [0.2, 0.25) is 5.90 Å². The molecule has 0 atom stereocenters. The number of methoxy groups -OCH3 is 1. The molecule has 1 aliphatic rings. The maximum absolute atomic E-state index is 12.6. The van der Waals surface area contributed by atoms with E-state index in [1.54, 1.807) is 54.6 Å². The molecule has 184 valence electrons. The predicted molar refractivity (Wildman–Crippen MR) is 140 cm³/mol. The van der Waals surface area contributed by atoms with E-state index in [2.05, 4.69) is 27.8 Å². The van der Waals surface area contributed by atoms with Gasteiger partial charge in [-0.1, -0.05) is 31.5 Å². The summed E-state index contributed by atoms with van der Waals surface area (Å²) in [6.07, 6.45) is 3.63. The standard InChI is InChI=1S/C28H24BrNO6/c1-3-4-15-34-20-12-10-19(11-13-20)26-30-23(28(32)36-26)16-18-9-14-24(25(17-18)33-2)35-27(31)21-7-5-6-8-22(21)29/h5-14,16-17H,3-4,15H2,1-2H3/b23-16-. The molecular weight excluding hydrogens is 526 g/mol. The molecule has 7 nitrogen and oxygen atoms in total. The first kappa shape index (κ1) is 25.2. The number of hydrogen-bond acceptors (Lipinski definition) is 7. The summed E-state index contributed by atoms with van der Waals surface area (Å²) in [6, 6.07) is 19.2. The van der Waals surface area contributed by atoms with Crippen molar-refractivity contribution in [3.05, 3.63) is 93.6 Å². The van der Waals surface area contributed by atoms with Gasteiger partial charge in [-0.05, 0) is 82.5 Å². The maximum atomic E-state index is 12.6. The second kappa shape index (κ2) is 11.7. The molecule has 0 N–H and O–H groups in total. The van der Waals surface area contributed by atoms with Crippen molar-refractivity contribution in [2.24, 2.45) is 4.99 Å². The van der Waals surface area contributed by atoms with Gasteiger partial charge in [-0.15, -0.1) is 0 Å². The van der Waals surface area contributed by atoms with E-state index in [4.69, 9.17) is 18.9 Å². The molecular formula is C28H24BrNO6. The van der Waals surface area contributed by atoms with E-state index >= 15 is 0 Å². The topological polar surface area (TPSA) is 83.4 Å². The Morgan fingerprint density at radius 1 is 1.06 bits per heavy atom. The van der Waals surface area contributed by atoms with Crippen LogP contribution in [0.1, 0.15) is 41.3 Å². The Balaban J connectivity index is 1.50. The number of nitrogens with zero attached hydrogens (tertiary/aromatic N) is 1. The molecule has 3 aromatic carbocycles. The molecule has 0 fully saturated rings. The van der Waals surface area contributed by atoms with Crippen molar-refractivity contribution in [2.45, 2.75) is 19.8 Å². The predicted octanol–water partition coefficient (Wildman–Crippen LogP) is 6.20. The Morgan fingerprint density at radius 2 is 1.83 bits per heavy atom. The van der Waals surface area contributed by atoms with Crippen molar-refractivity contribution in [1.29, 1.82) is 0 Å². The van der Waals surface area contributed by atoms with Gasteiger partial charge in [0.05, 0.1) is 19.3 Å². The van der Waals surface area contributed by atoms with Crippen molar-refractivity contribution in [3.63, 3.8) is 0 Å². The number of halogens is 1. The lowest BCUT2D eigenvalue weighted by Gasteiger charge is -2.10. The number of cyclic esters (lactones) is 1. The summed E-state index contributed by atoms with van der Waals surface area (Å²) in [5, 5.41) is 0. The number of hydrogen-bond donors (Lipinski definition) is 0. The summed E-state index contributed by atoms with van der Waals surface area (Å²) in [7, 11) is 1.47. The lowest BCUT2D eigenvalue weighted by molar-refractivity contribution is -0.129. The number of carbonyl (C=O) groups is 2. The molecule has 3 aromatic rings. The van der Waals surface area contributed by atoms with Gasteiger partial charge in [0.15, 0.2) is 17.2 Å². The minimum Gasteiger partial charge on any atom is -0.494 e. The highest BCUT2D eigenvalue weighted by atomic mass is 79.9. The molecule has 4 rings (SSSR count). The third-order valence-electron chi connectivity index (χ3n) is 5.28. The maximum Gasteiger partial charge on any atom is 0.363 e. The van der Waals surface area contributed by atoms with Crippen LogP contribution in [-0.4, -0.2) is 31.6 Å². The van der Waals surface area contributed by atoms with E-state index in [-0.39, 0.29) is 17.3 Å². The van der Waals surface area contributed by atoms with Crippen molar-refractivity contribution in [1.82, 2.24) is 0 Å². The van der Waals surface area contributed by atoms with Crippen molar-refractivity contribution >= 4 is 39.8 Å². The SMILES string of the molecule is CCCCOc1ccc(C2=N/C(=C\c3ccc(OC(=O)c4ccccc4Br)c(OC)c3)C(=O)O2)cc1. The van der Waals surface area contributed by atoms with Gasteiger partial charge in [0, 0.05) is 10.0 Å². The van der Waals surface area contributed by atoms with E-state index in [1.165, 1.54) is 7.11 Å². The molecule has 0 radical (unpaired) electrons. The fourth-order valence-electron chi connectivity index (χ4n) is 3.36. The minimum absolute atomic E-state index is 0.147. The molecule has 1 aliphatic heterocycles. The summed E-state index contributed by atoms with van der Waals surface area (Å²) >= 11 is 3.35. The Morgan fingerprint density at radius 3 is 2.56 bits per heavy atom. The molecule has 0 unspecified atom stereocenters. The van der Waals surface area contributed by atoms with Gasteiger partial charge >= 0.3 is 11.9 Å². The van der Waals surface area contributed by atoms with E-state index in [0.29, 0.717) is 33.5 Å². The minimum atomic E-state index is -0.559. The number of benzene rings is 3. The zero-order valence-corrected chi connectivity index (χ0v) is 21.4. The Kier molecular flexibility index (Phi) is 8.17. The quantitative estimate of drug-likeness (QED) is 0.137. The fraction of sp³-hybridized carbons (Fsp3) is 0.179. The highest BCUT2D eigenvalue weighted by Gasteiger charge is 2.24. The lowest BCUT2D eigenvalue weighted by Crippen LogP contribution is -2.10. The Hall–Kier alpha value is -3.91. The van der Waals surface area contributed by atoms with Gasteiger partial charge in [-0.3, -0.25) is 0 Å². The second-order valence-electron chi connectivity index (χ2n) is 7.84. The summed E-state index contributed by atoms with van der Waals surface area (Å²) < 4.78 is 22.6. The smallest absolute Gasteiger partial charge is 0.363 e. The molecule has 1 heterocycles. The van der Waals surface area contributed by atoms with Crippen LogP contribution in [0, 0.1) is 0 Å². The van der Waals surface area contributed by atoms with Crippen LogP contribution in [0.4, 0.5) is 0 Å². The largest absolute Gasteiger partial charge is 0.494 e. The first-order valence-corrected chi connectivity index (χ1v) is 12.2. The summed E-state index contributed by atoms with van der Waals surface area (Å²) in [6.45, 7) is 2.76.